The third-order valence-electron chi connectivity index (χ3n) is 3.79. The maximum atomic E-state index is 12.5. The molecule has 0 aliphatic heterocycles. The molecule has 5 heteroatoms. The maximum absolute atomic E-state index is 12.5. The number of aryl methyl sites for hydroxylation is 1. The zero-order chi connectivity index (χ0) is 17.6. The van der Waals surface area contributed by atoms with E-state index in [9.17, 15) is 4.79 Å². The molecular formula is C20H18ClN3O. The molecule has 0 aliphatic carbocycles. The molecule has 0 atom stereocenters. The highest BCUT2D eigenvalue weighted by molar-refractivity contribution is 6.31. The van der Waals surface area contributed by atoms with Crippen LogP contribution < -0.4 is 10.6 Å². The van der Waals surface area contributed by atoms with E-state index >= 15 is 0 Å². The molecule has 0 radical (unpaired) electrons. The van der Waals surface area contributed by atoms with E-state index in [4.69, 9.17) is 11.6 Å². The highest BCUT2D eigenvalue weighted by atomic mass is 35.5. The number of benzene rings is 2. The first kappa shape index (κ1) is 17.0. The van der Waals surface area contributed by atoms with Crippen LogP contribution in [0.1, 0.15) is 21.5 Å². The topological polar surface area (TPSA) is 54.0 Å². The van der Waals surface area contributed by atoms with Crippen molar-refractivity contribution in [3.05, 3.63) is 88.6 Å². The first-order valence-corrected chi connectivity index (χ1v) is 8.31. The summed E-state index contributed by atoms with van der Waals surface area (Å²) in [6, 6.07) is 18.8. The molecule has 1 aromatic heterocycles. The lowest BCUT2D eigenvalue weighted by Crippen LogP contribution is -2.13. The third-order valence-corrected chi connectivity index (χ3v) is 4.02. The van der Waals surface area contributed by atoms with Crippen LogP contribution in [0.15, 0.2) is 66.9 Å². The Kier molecular flexibility index (Phi) is 5.31. The Labute approximate surface area is 151 Å². The van der Waals surface area contributed by atoms with Crippen molar-refractivity contribution in [2.24, 2.45) is 0 Å². The van der Waals surface area contributed by atoms with E-state index < -0.39 is 0 Å². The van der Waals surface area contributed by atoms with Gasteiger partial charge in [0.2, 0.25) is 0 Å². The molecule has 0 saturated heterocycles. The summed E-state index contributed by atoms with van der Waals surface area (Å²) < 4.78 is 0. The first-order valence-electron chi connectivity index (χ1n) is 7.93. The fraction of sp³-hybridized carbons (Fsp3) is 0.100. The van der Waals surface area contributed by atoms with Gasteiger partial charge in [0.25, 0.3) is 5.91 Å². The molecule has 0 spiro atoms. The number of nitrogens with zero attached hydrogens (tertiary/aromatic N) is 1. The Morgan fingerprint density at radius 3 is 2.68 bits per heavy atom. The molecule has 2 N–H and O–H groups in total. The molecule has 1 heterocycles. The Morgan fingerprint density at radius 1 is 1.08 bits per heavy atom. The van der Waals surface area contributed by atoms with Gasteiger partial charge in [0, 0.05) is 29.0 Å². The predicted molar refractivity (Wildman–Crippen MR) is 102 cm³/mol. The molecule has 0 bridgehead atoms. The zero-order valence-electron chi connectivity index (χ0n) is 13.8. The fourth-order valence-electron chi connectivity index (χ4n) is 2.38. The zero-order valence-corrected chi connectivity index (χ0v) is 14.5. The quantitative estimate of drug-likeness (QED) is 0.686. The van der Waals surface area contributed by atoms with Crippen molar-refractivity contribution in [1.29, 1.82) is 0 Å². The highest BCUT2D eigenvalue weighted by Gasteiger charge is 2.09. The van der Waals surface area contributed by atoms with Crippen molar-refractivity contribution in [3.63, 3.8) is 0 Å². The van der Waals surface area contributed by atoms with E-state index in [2.05, 4.69) is 15.6 Å². The lowest BCUT2D eigenvalue weighted by Gasteiger charge is -2.10. The van der Waals surface area contributed by atoms with Crippen LogP contribution in [0.25, 0.3) is 0 Å². The van der Waals surface area contributed by atoms with Crippen molar-refractivity contribution < 1.29 is 4.79 Å². The summed E-state index contributed by atoms with van der Waals surface area (Å²) >= 11 is 6.00. The molecule has 25 heavy (non-hydrogen) atoms. The summed E-state index contributed by atoms with van der Waals surface area (Å²) in [6.07, 6.45) is 1.62. The molecule has 4 nitrogen and oxygen atoms in total. The fourth-order valence-corrected chi connectivity index (χ4v) is 2.55. The van der Waals surface area contributed by atoms with E-state index in [1.807, 2.05) is 43.3 Å². The van der Waals surface area contributed by atoms with Crippen LogP contribution in [0.3, 0.4) is 0 Å². The van der Waals surface area contributed by atoms with Crippen LogP contribution in [0.2, 0.25) is 5.02 Å². The standard InChI is InChI=1S/C20H18ClN3O/c1-14-7-8-17(21)12-18(14)24-20(25)16-9-10-22-19(11-16)23-13-15-5-3-2-4-6-15/h2-12H,13H2,1H3,(H,22,23)(H,24,25). The molecular weight excluding hydrogens is 334 g/mol. The van der Waals surface area contributed by atoms with Crippen LogP contribution in [-0.2, 0) is 6.54 Å². The van der Waals surface area contributed by atoms with E-state index in [1.165, 1.54) is 0 Å². The van der Waals surface area contributed by atoms with Gasteiger partial charge in [-0.2, -0.15) is 0 Å². The first-order chi connectivity index (χ1) is 12.1. The Bertz CT molecular complexity index is 881. The van der Waals surface area contributed by atoms with Gasteiger partial charge in [0.15, 0.2) is 0 Å². The van der Waals surface area contributed by atoms with Gasteiger partial charge >= 0.3 is 0 Å². The number of hydrogen-bond acceptors (Lipinski definition) is 3. The molecule has 126 valence electrons. The molecule has 0 aliphatic rings. The summed E-state index contributed by atoms with van der Waals surface area (Å²) in [6.45, 7) is 2.57. The summed E-state index contributed by atoms with van der Waals surface area (Å²) in [5.41, 5.74) is 3.33. The van der Waals surface area contributed by atoms with Crippen molar-refractivity contribution in [2.45, 2.75) is 13.5 Å². The molecule has 1 amide bonds. The van der Waals surface area contributed by atoms with E-state index in [0.29, 0.717) is 28.6 Å². The third kappa shape index (κ3) is 4.58. The Balaban J connectivity index is 1.70. The molecule has 2 aromatic carbocycles. The summed E-state index contributed by atoms with van der Waals surface area (Å²) in [5.74, 6) is 0.454. The van der Waals surface area contributed by atoms with Crippen LogP contribution in [-0.4, -0.2) is 10.9 Å². The Morgan fingerprint density at radius 2 is 1.88 bits per heavy atom. The molecule has 0 fully saturated rings. The van der Waals surface area contributed by atoms with E-state index in [0.717, 1.165) is 11.1 Å². The van der Waals surface area contributed by atoms with Gasteiger partial charge in [-0.25, -0.2) is 4.98 Å². The number of hydrogen-bond donors (Lipinski definition) is 2. The minimum atomic E-state index is -0.199. The van der Waals surface area contributed by atoms with Crippen molar-refractivity contribution >= 4 is 29.0 Å². The number of carbonyl (C=O) groups is 1. The maximum Gasteiger partial charge on any atom is 0.255 e. The number of nitrogens with one attached hydrogen (secondary N) is 2. The van der Waals surface area contributed by atoms with Gasteiger partial charge in [-0.3, -0.25) is 4.79 Å². The van der Waals surface area contributed by atoms with Crippen molar-refractivity contribution in [3.8, 4) is 0 Å². The van der Waals surface area contributed by atoms with Crippen molar-refractivity contribution in [1.82, 2.24) is 4.98 Å². The minimum absolute atomic E-state index is 0.199. The van der Waals surface area contributed by atoms with Gasteiger partial charge in [-0.15, -0.1) is 0 Å². The second kappa shape index (κ2) is 7.81. The molecule has 3 aromatic rings. The predicted octanol–water partition coefficient (Wildman–Crippen LogP) is 4.91. The van der Waals surface area contributed by atoms with Crippen LogP contribution in [0.4, 0.5) is 11.5 Å². The number of carbonyl (C=O) groups excluding carboxylic acids is 1. The largest absolute Gasteiger partial charge is 0.366 e. The normalized spacial score (nSPS) is 10.3. The summed E-state index contributed by atoms with van der Waals surface area (Å²) in [5, 5.41) is 6.70. The van der Waals surface area contributed by atoms with Gasteiger partial charge < -0.3 is 10.6 Å². The molecule has 0 unspecified atom stereocenters. The highest BCUT2D eigenvalue weighted by Crippen LogP contribution is 2.21. The van der Waals surface area contributed by atoms with Gasteiger partial charge in [-0.05, 0) is 42.3 Å². The number of amides is 1. The lowest BCUT2D eigenvalue weighted by atomic mass is 10.2. The van der Waals surface area contributed by atoms with Crippen molar-refractivity contribution in [2.75, 3.05) is 10.6 Å². The van der Waals surface area contributed by atoms with Gasteiger partial charge in [0.05, 0.1) is 0 Å². The number of rotatable bonds is 5. The van der Waals surface area contributed by atoms with Crippen LogP contribution in [0.5, 0.6) is 0 Å². The average molecular weight is 352 g/mol. The summed E-state index contributed by atoms with van der Waals surface area (Å²) in [4.78, 5) is 16.8. The molecule has 3 rings (SSSR count). The Hall–Kier alpha value is -2.85. The summed E-state index contributed by atoms with van der Waals surface area (Å²) in [7, 11) is 0. The smallest absolute Gasteiger partial charge is 0.255 e. The minimum Gasteiger partial charge on any atom is -0.366 e. The van der Waals surface area contributed by atoms with Gasteiger partial charge in [-0.1, -0.05) is 48.0 Å². The van der Waals surface area contributed by atoms with E-state index in [1.54, 1.807) is 30.5 Å². The number of aromatic nitrogens is 1. The second-order valence-electron chi connectivity index (χ2n) is 5.68. The lowest BCUT2D eigenvalue weighted by molar-refractivity contribution is 0.102. The van der Waals surface area contributed by atoms with Crippen LogP contribution >= 0.6 is 11.6 Å². The monoisotopic (exact) mass is 351 g/mol. The number of anilines is 2. The van der Waals surface area contributed by atoms with Crippen LogP contribution in [0, 0.1) is 6.92 Å². The number of halogens is 1. The van der Waals surface area contributed by atoms with Gasteiger partial charge in [0.1, 0.15) is 5.82 Å². The molecule has 0 saturated carbocycles. The second-order valence-corrected chi connectivity index (χ2v) is 6.12. The average Bonchev–Trinajstić information content (AvgIpc) is 2.64. The van der Waals surface area contributed by atoms with E-state index in [-0.39, 0.29) is 5.91 Å². The number of pyridine rings is 1. The SMILES string of the molecule is Cc1ccc(Cl)cc1NC(=O)c1ccnc(NCc2ccccc2)c1.